The lowest BCUT2D eigenvalue weighted by molar-refractivity contribution is -0.139. The number of carboxylic acids is 1. The molecule has 1 saturated heterocycles. The van der Waals surface area contributed by atoms with E-state index in [2.05, 4.69) is 4.90 Å². The molecule has 0 radical (unpaired) electrons. The van der Waals surface area contributed by atoms with Crippen molar-refractivity contribution in [3.8, 4) is 0 Å². The van der Waals surface area contributed by atoms with Crippen LogP contribution in [0.4, 0.5) is 4.39 Å². The molecule has 1 N–H and O–H groups in total. The molecule has 0 atom stereocenters. The molecular formula is C16H21ClFN3O3. The molecule has 0 bridgehead atoms. The summed E-state index contributed by atoms with van der Waals surface area (Å²) in [7, 11) is 1.60. The smallest absolute Gasteiger partial charge is 0.317 e. The molecule has 0 spiro atoms. The second kappa shape index (κ2) is 8.41. The molecule has 0 saturated carbocycles. The first kappa shape index (κ1) is 18.6. The molecule has 1 aromatic carbocycles. The number of nitrogens with zero attached hydrogens (tertiary/aromatic N) is 3. The largest absolute Gasteiger partial charge is 0.480 e. The van der Waals surface area contributed by atoms with Crippen LogP contribution in [0.15, 0.2) is 18.2 Å². The van der Waals surface area contributed by atoms with Crippen LogP contribution in [0.1, 0.15) is 5.56 Å². The first-order valence-electron chi connectivity index (χ1n) is 7.70. The number of rotatable bonds is 6. The van der Waals surface area contributed by atoms with Gasteiger partial charge in [-0.15, -0.1) is 0 Å². The van der Waals surface area contributed by atoms with Crippen molar-refractivity contribution in [2.45, 2.75) is 6.54 Å². The van der Waals surface area contributed by atoms with Gasteiger partial charge in [-0.3, -0.25) is 19.4 Å². The summed E-state index contributed by atoms with van der Waals surface area (Å²) in [5.74, 6) is -1.38. The maximum absolute atomic E-state index is 13.8. The zero-order valence-corrected chi connectivity index (χ0v) is 14.3. The molecule has 0 aliphatic carbocycles. The molecule has 1 aromatic rings. The average Bonchev–Trinajstić information content (AvgIpc) is 2.50. The van der Waals surface area contributed by atoms with Gasteiger partial charge >= 0.3 is 5.97 Å². The van der Waals surface area contributed by atoms with Gasteiger partial charge in [-0.05, 0) is 19.2 Å². The summed E-state index contributed by atoms with van der Waals surface area (Å²) in [6.07, 6.45) is 0. The van der Waals surface area contributed by atoms with E-state index >= 15 is 0 Å². The van der Waals surface area contributed by atoms with E-state index in [-0.39, 0.29) is 24.8 Å². The summed E-state index contributed by atoms with van der Waals surface area (Å²) in [6.45, 7) is 2.63. The fourth-order valence-corrected chi connectivity index (χ4v) is 2.90. The molecular weight excluding hydrogens is 337 g/mol. The summed E-state index contributed by atoms with van der Waals surface area (Å²) < 4.78 is 13.8. The van der Waals surface area contributed by atoms with Crippen molar-refractivity contribution in [1.29, 1.82) is 0 Å². The second-order valence-corrected chi connectivity index (χ2v) is 6.33. The van der Waals surface area contributed by atoms with Crippen molar-refractivity contribution < 1.29 is 19.1 Å². The minimum Gasteiger partial charge on any atom is -0.480 e. The molecule has 132 valence electrons. The van der Waals surface area contributed by atoms with Gasteiger partial charge < -0.3 is 10.0 Å². The first-order valence-corrected chi connectivity index (χ1v) is 8.08. The highest BCUT2D eigenvalue weighted by atomic mass is 35.5. The summed E-state index contributed by atoms with van der Waals surface area (Å²) >= 11 is 6.04. The van der Waals surface area contributed by atoms with Crippen molar-refractivity contribution in [3.63, 3.8) is 0 Å². The number of hydrogen-bond donors (Lipinski definition) is 1. The number of aliphatic carboxylic acids is 1. The zero-order chi connectivity index (χ0) is 17.7. The average molecular weight is 358 g/mol. The Kier molecular flexibility index (Phi) is 6.53. The minimum atomic E-state index is -0.961. The Morgan fingerprint density at radius 1 is 1.25 bits per heavy atom. The zero-order valence-electron chi connectivity index (χ0n) is 13.5. The van der Waals surface area contributed by atoms with Gasteiger partial charge in [0.25, 0.3) is 0 Å². The van der Waals surface area contributed by atoms with Gasteiger partial charge in [-0.25, -0.2) is 4.39 Å². The van der Waals surface area contributed by atoms with Crippen LogP contribution in [-0.2, 0) is 16.1 Å². The molecule has 0 unspecified atom stereocenters. The topological polar surface area (TPSA) is 64.1 Å². The van der Waals surface area contributed by atoms with E-state index in [1.807, 2.05) is 0 Å². The van der Waals surface area contributed by atoms with Crippen LogP contribution in [-0.4, -0.2) is 78.0 Å². The third kappa shape index (κ3) is 5.15. The Morgan fingerprint density at radius 2 is 1.92 bits per heavy atom. The van der Waals surface area contributed by atoms with Crippen LogP contribution in [0.2, 0.25) is 5.02 Å². The Balaban J connectivity index is 1.83. The highest BCUT2D eigenvalue weighted by Gasteiger charge is 2.23. The lowest BCUT2D eigenvalue weighted by atomic mass is 10.2. The van der Waals surface area contributed by atoms with E-state index in [0.717, 1.165) is 0 Å². The first-order chi connectivity index (χ1) is 11.4. The predicted octanol–water partition coefficient (Wildman–Crippen LogP) is 1.14. The normalized spacial score (nSPS) is 15.8. The number of amides is 1. The molecule has 6 nitrogen and oxygen atoms in total. The van der Waals surface area contributed by atoms with E-state index in [0.29, 0.717) is 43.3 Å². The van der Waals surface area contributed by atoms with Crippen LogP contribution in [0.25, 0.3) is 0 Å². The maximum atomic E-state index is 13.8. The summed E-state index contributed by atoms with van der Waals surface area (Å²) in [6, 6.07) is 4.63. The van der Waals surface area contributed by atoms with Crippen LogP contribution < -0.4 is 0 Å². The number of hydrogen-bond acceptors (Lipinski definition) is 4. The number of piperazine rings is 1. The Morgan fingerprint density at radius 3 is 2.50 bits per heavy atom. The summed E-state index contributed by atoms with van der Waals surface area (Å²) in [5.41, 5.74) is 0.472. The molecule has 1 fully saturated rings. The highest BCUT2D eigenvalue weighted by molar-refractivity contribution is 6.31. The molecule has 1 aliphatic rings. The van der Waals surface area contributed by atoms with E-state index in [1.165, 1.54) is 11.0 Å². The molecule has 8 heteroatoms. The molecule has 1 amide bonds. The van der Waals surface area contributed by atoms with E-state index < -0.39 is 5.97 Å². The van der Waals surface area contributed by atoms with Gasteiger partial charge in [0, 0.05) is 43.3 Å². The van der Waals surface area contributed by atoms with Crippen molar-refractivity contribution in [3.05, 3.63) is 34.6 Å². The van der Waals surface area contributed by atoms with E-state index in [9.17, 15) is 14.0 Å². The van der Waals surface area contributed by atoms with Gasteiger partial charge in [-0.1, -0.05) is 17.7 Å². The van der Waals surface area contributed by atoms with Gasteiger partial charge in [0.05, 0.1) is 13.1 Å². The van der Waals surface area contributed by atoms with Gasteiger partial charge in [-0.2, -0.15) is 0 Å². The minimum absolute atomic E-state index is 0.0748. The SMILES string of the molecule is CN(CC(=O)O)CC(=O)N1CCN(Cc2c(F)cccc2Cl)CC1. The van der Waals surface area contributed by atoms with Crippen molar-refractivity contribution in [2.75, 3.05) is 46.3 Å². The van der Waals surface area contributed by atoms with Crippen LogP contribution in [0.5, 0.6) is 0 Å². The van der Waals surface area contributed by atoms with Gasteiger partial charge in [0.15, 0.2) is 0 Å². The lowest BCUT2D eigenvalue weighted by Crippen LogP contribution is -2.50. The maximum Gasteiger partial charge on any atom is 0.317 e. The highest BCUT2D eigenvalue weighted by Crippen LogP contribution is 2.21. The number of carboxylic acid groups (broad SMARTS) is 1. The Labute approximate surface area is 145 Å². The molecule has 1 aliphatic heterocycles. The standard InChI is InChI=1S/C16H21ClFN3O3/c1-19(11-16(23)24)10-15(22)21-7-5-20(6-8-21)9-12-13(17)3-2-4-14(12)18/h2-4H,5-11H2,1H3,(H,23,24). The lowest BCUT2D eigenvalue weighted by Gasteiger charge is -2.35. The van der Waals surface area contributed by atoms with E-state index in [4.69, 9.17) is 16.7 Å². The third-order valence-corrected chi connectivity index (χ3v) is 4.33. The monoisotopic (exact) mass is 357 g/mol. The van der Waals surface area contributed by atoms with Crippen LogP contribution >= 0.6 is 11.6 Å². The van der Waals surface area contributed by atoms with E-state index in [1.54, 1.807) is 24.1 Å². The molecule has 1 heterocycles. The third-order valence-electron chi connectivity index (χ3n) is 3.98. The fraction of sp³-hybridized carbons (Fsp3) is 0.500. The van der Waals surface area contributed by atoms with Crippen LogP contribution in [0.3, 0.4) is 0 Å². The van der Waals surface area contributed by atoms with Gasteiger partial charge in [0.1, 0.15) is 5.82 Å². The number of likely N-dealkylation sites (N-methyl/N-ethyl adjacent to an activating group) is 1. The molecule has 0 aromatic heterocycles. The number of carbonyl (C=O) groups excluding carboxylic acids is 1. The number of carbonyl (C=O) groups is 2. The van der Waals surface area contributed by atoms with Crippen LogP contribution in [0, 0.1) is 5.82 Å². The van der Waals surface area contributed by atoms with Crippen molar-refractivity contribution in [1.82, 2.24) is 14.7 Å². The fourth-order valence-electron chi connectivity index (χ4n) is 2.68. The van der Waals surface area contributed by atoms with Gasteiger partial charge in [0.2, 0.25) is 5.91 Å². The Hall–Kier alpha value is -1.70. The second-order valence-electron chi connectivity index (χ2n) is 5.92. The number of benzene rings is 1. The quantitative estimate of drug-likeness (QED) is 0.827. The predicted molar refractivity (Wildman–Crippen MR) is 88.4 cm³/mol. The molecule has 24 heavy (non-hydrogen) atoms. The van der Waals surface area contributed by atoms with Crippen molar-refractivity contribution in [2.24, 2.45) is 0 Å². The van der Waals surface area contributed by atoms with Crippen molar-refractivity contribution >= 4 is 23.5 Å². The molecule has 2 rings (SSSR count). The number of halogens is 2. The summed E-state index contributed by atoms with van der Waals surface area (Å²) in [4.78, 5) is 28.0. The Bertz CT molecular complexity index is 586. The summed E-state index contributed by atoms with van der Waals surface area (Å²) in [5, 5.41) is 9.12.